The molecule has 5 rings (SSSR count). The molecule has 1 aliphatic rings. The van der Waals surface area contributed by atoms with Gasteiger partial charge in [-0.2, -0.15) is 21.2 Å². The molecule has 0 saturated carbocycles. The zero-order chi connectivity index (χ0) is 24.6. The Morgan fingerprint density at radius 3 is 2.83 bits per heavy atom. The van der Waals surface area contributed by atoms with E-state index in [2.05, 4.69) is 20.4 Å². The molecule has 1 aromatic carbocycles. The van der Waals surface area contributed by atoms with Gasteiger partial charge in [-0.1, -0.05) is 11.6 Å². The standard InChI is InChI=1S/C24H25ClN6O2S2/c1-16-9-23(25)26-11-18(16)12-27-24-6-3-17-10-20(4-5-21(17)29-24)35(32,33)31-7-8-34-15-22(31)19-13-28-30(2)14-19/h3-6,9-11,13-14,22H,7-8,12,15H2,1-2H3,(H,27,29). The van der Waals surface area contributed by atoms with Crippen LogP contribution in [0.15, 0.2) is 59.9 Å². The number of sulfonamides is 1. The predicted octanol–water partition coefficient (Wildman–Crippen LogP) is 4.42. The van der Waals surface area contributed by atoms with Gasteiger partial charge in [0.25, 0.3) is 0 Å². The summed E-state index contributed by atoms with van der Waals surface area (Å²) in [6.45, 7) is 3.01. The summed E-state index contributed by atoms with van der Waals surface area (Å²) in [5, 5.41) is 8.78. The third kappa shape index (κ3) is 5.02. The molecule has 1 atom stereocenters. The molecule has 0 aliphatic carbocycles. The maximum absolute atomic E-state index is 13.6. The molecule has 11 heteroatoms. The molecule has 3 aromatic heterocycles. The molecule has 8 nitrogen and oxygen atoms in total. The summed E-state index contributed by atoms with van der Waals surface area (Å²) in [5.41, 5.74) is 3.71. The molecular weight excluding hydrogens is 504 g/mol. The average molecular weight is 529 g/mol. The molecule has 0 radical (unpaired) electrons. The fraction of sp³-hybridized carbons (Fsp3) is 0.292. The lowest BCUT2D eigenvalue weighted by Gasteiger charge is -2.33. The van der Waals surface area contributed by atoms with Crippen LogP contribution < -0.4 is 5.32 Å². The van der Waals surface area contributed by atoms with E-state index >= 15 is 0 Å². The first-order chi connectivity index (χ1) is 16.8. The van der Waals surface area contributed by atoms with Crippen molar-refractivity contribution in [2.45, 2.75) is 24.4 Å². The minimum Gasteiger partial charge on any atom is -0.366 e. The molecule has 0 bridgehead atoms. The van der Waals surface area contributed by atoms with Gasteiger partial charge in [-0.05, 0) is 54.4 Å². The lowest BCUT2D eigenvalue weighted by molar-refractivity contribution is 0.355. The Kier molecular flexibility index (Phi) is 6.71. The van der Waals surface area contributed by atoms with Crippen LogP contribution in [-0.4, -0.2) is 50.5 Å². The molecule has 1 saturated heterocycles. The summed E-state index contributed by atoms with van der Waals surface area (Å²) in [4.78, 5) is 9.07. The minimum atomic E-state index is -3.68. The number of benzene rings is 1. The molecule has 182 valence electrons. The van der Waals surface area contributed by atoms with Crippen LogP contribution in [-0.2, 0) is 23.6 Å². The number of aromatic nitrogens is 4. The number of hydrogen-bond donors (Lipinski definition) is 1. The summed E-state index contributed by atoms with van der Waals surface area (Å²) >= 11 is 7.70. The van der Waals surface area contributed by atoms with E-state index in [0.717, 1.165) is 33.3 Å². The number of nitrogens with zero attached hydrogens (tertiary/aromatic N) is 5. The van der Waals surface area contributed by atoms with E-state index in [0.29, 0.717) is 29.8 Å². The van der Waals surface area contributed by atoms with Crippen molar-refractivity contribution in [1.82, 2.24) is 24.1 Å². The van der Waals surface area contributed by atoms with Gasteiger partial charge in [-0.15, -0.1) is 0 Å². The van der Waals surface area contributed by atoms with Crippen LogP contribution in [0.5, 0.6) is 0 Å². The molecule has 1 unspecified atom stereocenters. The molecule has 35 heavy (non-hydrogen) atoms. The summed E-state index contributed by atoms with van der Waals surface area (Å²) in [6.07, 6.45) is 5.39. The normalized spacial score (nSPS) is 17.1. The maximum atomic E-state index is 13.6. The zero-order valence-electron chi connectivity index (χ0n) is 19.3. The molecule has 4 heterocycles. The molecule has 1 aliphatic heterocycles. The van der Waals surface area contributed by atoms with E-state index < -0.39 is 10.0 Å². The second-order valence-electron chi connectivity index (χ2n) is 8.49. The Bertz CT molecular complexity index is 1490. The topological polar surface area (TPSA) is 93.0 Å². The van der Waals surface area contributed by atoms with Gasteiger partial charge in [0, 0.05) is 55.0 Å². The van der Waals surface area contributed by atoms with E-state index in [4.69, 9.17) is 11.6 Å². The number of anilines is 1. The van der Waals surface area contributed by atoms with Crippen molar-refractivity contribution in [3.63, 3.8) is 0 Å². The molecule has 1 N–H and O–H groups in total. The number of rotatable bonds is 6. The summed E-state index contributed by atoms with van der Waals surface area (Å²) in [6, 6.07) is 10.4. The molecule has 4 aromatic rings. The Morgan fingerprint density at radius 1 is 1.20 bits per heavy atom. The Morgan fingerprint density at radius 2 is 2.06 bits per heavy atom. The summed E-state index contributed by atoms with van der Waals surface area (Å²) < 4.78 is 30.6. The summed E-state index contributed by atoms with van der Waals surface area (Å²) in [5.74, 6) is 2.17. The van der Waals surface area contributed by atoms with Gasteiger partial charge in [-0.3, -0.25) is 4.68 Å². The second kappa shape index (κ2) is 9.77. The van der Waals surface area contributed by atoms with Crippen molar-refractivity contribution in [2.75, 3.05) is 23.4 Å². The smallest absolute Gasteiger partial charge is 0.243 e. The van der Waals surface area contributed by atoms with Crippen LogP contribution in [0.2, 0.25) is 5.15 Å². The highest BCUT2D eigenvalue weighted by molar-refractivity contribution is 7.99. The lowest BCUT2D eigenvalue weighted by Crippen LogP contribution is -2.40. The third-order valence-corrected chi connectivity index (χ3v) is 9.24. The zero-order valence-corrected chi connectivity index (χ0v) is 21.7. The van der Waals surface area contributed by atoms with Crippen molar-refractivity contribution in [3.8, 4) is 0 Å². The van der Waals surface area contributed by atoms with E-state index in [-0.39, 0.29) is 10.9 Å². The van der Waals surface area contributed by atoms with E-state index in [1.54, 1.807) is 51.3 Å². The van der Waals surface area contributed by atoms with Crippen molar-refractivity contribution in [3.05, 3.63) is 76.8 Å². The molecule has 1 fully saturated rings. The number of pyridine rings is 2. The Balaban J connectivity index is 1.38. The van der Waals surface area contributed by atoms with Crippen molar-refractivity contribution in [2.24, 2.45) is 7.05 Å². The highest BCUT2D eigenvalue weighted by Crippen LogP contribution is 2.34. The van der Waals surface area contributed by atoms with Crippen molar-refractivity contribution in [1.29, 1.82) is 0 Å². The van der Waals surface area contributed by atoms with Gasteiger partial charge in [0.05, 0.1) is 22.7 Å². The first-order valence-corrected chi connectivity index (χ1v) is 14.1. The highest BCUT2D eigenvalue weighted by atomic mass is 35.5. The van der Waals surface area contributed by atoms with Crippen LogP contribution in [0.1, 0.15) is 22.7 Å². The number of nitrogens with one attached hydrogen (secondary N) is 1. The molecule has 0 spiro atoms. The lowest BCUT2D eigenvalue weighted by atomic mass is 10.1. The fourth-order valence-corrected chi connectivity index (χ4v) is 7.33. The van der Waals surface area contributed by atoms with Gasteiger partial charge in [-0.25, -0.2) is 18.4 Å². The summed E-state index contributed by atoms with van der Waals surface area (Å²) in [7, 11) is -1.85. The number of thioether (sulfide) groups is 1. The predicted molar refractivity (Wildman–Crippen MR) is 140 cm³/mol. The largest absolute Gasteiger partial charge is 0.366 e. The number of halogens is 1. The third-order valence-electron chi connectivity index (χ3n) is 6.10. The average Bonchev–Trinajstić information content (AvgIpc) is 3.29. The second-order valence-corrected chi connectivity index (χ2v) is 11.9. The number of hydrogen-bond acceptors (Lipinski definition) is 7. The SMILES string of the molecule is Cc1cc(Cl)ncc1CNc1ccc2cc(S(=O)(=O)N3CCSCC3c3cnn(C)c3)ccc2n1. The van der Waals surface area contributed by atoms with Crippen LogP contribution in [0, 0.1) is 6.92 Å². The highest BCUT2D eigenvalue weighted by Gasteiger charge is 2.35. The van der Waals surface area contributed by atoms with Gasteiger partial charge in [0.15, 0.2) is 0 Å². The van der Waals surface area contributed by atoms with Crippen LogP contribution in [0.25, 0.3) is 10.9 Å². The van der Waals surface area contributed by atoms with Crippen molar-refractivity contribution < 1.29 is 8.42 Å². The van der Waals surface area contributed by atoms with E-state index in [1.165, 1.54) is 0 Å². The van der Waals surface area contributed by atoms with Crippen molar-refractivity contribution >= 4 is 50.1 Å². The molecular formula is C24H25ClN6O2S2. The first-order valence-electron chi connectivity index (χ1n) is 11.1. The Hall–Kier alpha value is -2.66. The van der Waals surface area contributed by atoms with E-state index in [9.17, 15) is 8.42 Å². The number of fused-ring (bicyclic) bond motifs is 1. The monoisotopic (exact) mass is 528 g/mol. The molecule has 0 amide bonds. The van der Waals surface area contributed by atoms with Crippen LogP contribution >= 0.6 is 23.4 Å². The van der Waals surface area contributed by atoms with Gasteiger partial charge < -0.3 is 5.32 Å². The van der Waals surface area contributed by atoms with Gasteiger partial charge >= 0.3 is 0 Å². The van der Waals surface area contributed by atoms with Gasteiger partial charge in [0.1, 0.15) is 11.0 Å². The first kappa shape index (κ1) is 24.1. The fourth-order valence-electron chi connectivity index (χ4n) is 4.17. The number of aryl methyl sites for hydroxylation is 2. The minimum absolute atomic E-state index is 0.237. The van der Waals surface area contributed by atoms with Crippen LogP contribution in [0.4, 0.5) is 5.82 Å². The Labute approximate surface area is 213 Å². The van der Waals surface area contributed by atoms with Gasteiger partial charge in [0.2, 0.25) is 10.0 Å². The van der Waals surface area contributed by atoms with Crippen LogP contribution in [0.3, 0.4) is 0 Å². The van der Waals surface area contributed by atoms with E-state index in [1.807, 2.05) is 38.4 Å². The maximum Gasteiger partial charge on any atom is 0.243 e. The quantitative estimate of drug-likeness (QED) is 0.370.